The smallest absolute Gasteiger partial charge is 0.352 e. The Kier molecular flexibility index (Phi) is 7.54. The molecular weight excluding hydrogens is 378 g/mol. The Bertz CT molecular complexity index is 1080. The molecule has 2 N–H and O–H groups in total. The first kappa shape index (κ1) is 20.9. The predicted molar refractivity (Wildman–Crippen MR) is 110 cm³/mol. The van der Waals surface area contributed by atoms with E-state index in [0.29, 0.717) is 16.9 Å². The largest absolute Gasteiger partial charge is 0.457 e. The highest BCUT2D eigenvalue weighted by Gasteiger charge is 2.16. The third-order valence-electron chi connectivity index (χ3n) is 3.57. The molecule has 0 atom stereocenters. The number of anilines is 2. The van der Waals surface area contributed by atoms with Gasteiger partial charge < -0.3 is 15.4 Å². The van der Waals surface area contributed by atoms with Gasteiger partial charge in [0.2, 0.25) is 0 Å². The van der Waals surface area contributed by atoms with E-state index in [2.05, 4.69) is 22.2 Å². The van der Waals surface area contributed by atoms with Gasteiger partial charge in [0.15, 0.2) is 5.57 Å². The van der Waals surface area contributed by atoms with E-state index in [1.807, 2.05) is 19.1 Å². The fourth-order valence-electron chi connectivity index (χ4n) is 2.33. The first-order chi connectivity index (χ1) is 13.5. The van der Waals surface area contributed by atoms with E-state index < -0.39 is 5.97 Å². The minimum atomic E-state index is -0.783. The molecule has 0 aliphatic carbocycles. The number of nitrogens with zero attached hydrogens (tertiary/aromatic N) is 3. The Morgan fingerprint density at radius 1 is 1.50 bits per heavy atom. The Labute approximate surface area is 166 Å². The van der Waals surface area contributed by atoms with Gasteiger partial charge in [-0.3, -0.25) is 9.36 Å². The number of hydrogen-bond acceptors (Lipinski definition) is 8. The molecule has 0 saturated heterocycles. The van der Waals surface area contributed by atoms with E-state index in [0.717, 1.165) is 23.6 Å². The normalized spacial score (nSPS) is 12.1. The number of pyridine rings is 1. The van der Waals surface area contributed by atoms with Crippen LogP contribution in [0.2, 0.25) is 0 Å². The number of aromatic nitrogens is 2. The van der Waals surface area contributed by atoms with Crippen molar-refractivity contribution >= 4 is 40.6 Å². The van der Waals surface area contributed by atoms with Crippen molar-refractivity contribution in [1.82, 2.24) is 9.55 Å². The van der Waals surface area contributed by atoms with Gasteiger partial charge >= 0.3 is 5.97 Å². The Morgan fingerprint density at radius 2 is 2.29 bits per heavy atom. The second kappa shape index (κ2) is 10.1. The summed E-state index contributed by atoms with van der Waals surface area (Å²) in [6.07, 6.45) is 4.61. The quantitative estimate of drug-likeness (QED) is 0.504. The fraction of sp³-hybridized carbons (Fsp3) is 0.263. The number of ether oxygens (including phenoxy) is 1. The van der Waals surface area contributed by atoms with Gasteiger partial charge in [-0.05, 0) is 19.9 Å². The van der Waals surface area contributed by atoms with Gasteiger partial charge in [-0.25, -0.2) is 9.78 Å². The lowest BCUT2D eigenvalue weighted by Crippen LogP contribution is -2.32. The minimum absolute atomic E-state index is 0.0115. The van der Waals surface area contributed by atoms with E-state index >= 15 is 0 Å². The summed E-state index contributed by atoms with van der Waals surface area (Å²) < 4.78 is 6.95. The summed E-state index contributed by atoms with van der Waals surface area (Å²) in [6.45, 7) is 8.25. The van der Waals surface area contributed by atoms with Gasteiger partial charge in [0.25, 0.3) is 5.56 Å². The van der Waals surface area contributed by atoms with Gasteiger partial charge in [0.05, 0.1) is 0 Å². The zero-order valence-electron chi connectivity index (χ0n) is 15.7. The number of rotatable bonds is 8. The van der Waals surface area contributed by atoms with Crippen LogP contribution in [0.5, 0.6) is 0 Å². The lowest BCUT2D eigenvalue weighted by Gasteiger charge is -2.04. The summed E-state index contributed by atoms with van der Waals surface area (Å²) >= 11 is 1.05. The van der Waals surface area contributed by atoms with Crippen LogP contribution in [-0.2, 0) is 16.1 Å². The maximum atomic E-state index is 12.7. The molecule has 0 fully saturated rings. The van der Waals surface area contributed by atoms with E-state index in [4.69, 9.17) is 4.74 Å². The van der Waals surface area contributed by atoms with E-state index in [-0.39, 0.29) is 22.4 Å². The molecule has 28 heavy (non-hydrogen) atoms. The molecule has 0 amide bonds. The Balaban J connectivity index is 2.49. The highest BCUT2D eigenvalue weighted by molar-refractivity contribution is 7.07. The first-order valence-electron chi connectivity index (χ1n) is 8.64. The standard InChI is InChI=1S/C19H21N5O3S/c1-4-9-27-19(26)14(11-20)18-24(6-3)17(25)15(28-18)12-23-13-7-8-22-16(10-13)21-5-2/h4,7-8,10,12H,1,5-6,9H2,2-3H3,(H2,21,22,23). The van der Waals surface area contributed by atoms with Crippen LogP contribution in [0.3, 0.4) is 0 Å². The minimum Gasteiger partial charge on any atom is -0.457 e. The predicted octanol–water partition coefficient (Wildman–Crippen LogP) is 1.01. The van der Waals surface area contributed by atoms with Gasteiger partial charge in [-0.15, -0.1) is 11.3 Å². The summed E-state index contributed by atoms with van der Waals surface area (Å²) in [5, 5.41) is 15.6. The number of carbonyl (C=O) groups is 1. The zero-order valence-corrected chi connectivity index (χ0v) is 16.5. The molecular formula is C19H21N5O3S. The maximum Gasteiger partial charge on any atom is 0.352 e. The number of thiazole rings is 1. The van der Waals surface area contributed by atoms with Crippen LogP contribution in [0.4, 0.5) is 11.5 Å². The van der Waals surface area contributed by atoms with Crippen LogP contribution >= 0.6 is 11.3 Å². The molecule has 2 aromatic rings. The van der Waals surface area contributed by atoms with E-state index in [1.54, 1.807) is 25.4 Å². The van der Waals surface area contributed by atoms with Crippen LogP contribution in [0.15, 0.2) is 35.8 Å². The molecule has 2 aromatic heterocycles. The molecule has 9 heteroatoms. The molecule has 0 bridgehead atoms. The summed E-state index contributed by atoms with van der Waals surface area (Å²) in [5.41, 5.74) is 0.252. The van der Waals surface area contributed by atoms with Crippen molar-refractivity contribution in [3.8, 4) is 6.07 Å². The van der Waals surface area contributed by atoms with Gasteiger partial charge in [-0.2, -0.15) is 5.26 Å². The molecule has 0 aliphatic heterocycles. The summed E-state index contributed by atoms with van der Waals surface area (Å²) in [5.74, 6) is -0.0708. The van der Waals surface area contributed by atoms with Crippen molar-refractivity contribution in [3.05, 3.63) is 50.5 Å². The maximum absolute atomic E-state index is 12.7. The molecule has 0 unspecified atom stereocenters. The molecule has 146 valence electrons. The van der Waals surface area contributed by atoms with Gasteiger partial charge in [0.1, 0.15) is 27.7 Å². The van der Waals surface area contributed by atoms with Crippen molar-refractivity contribution in [3.63, 3.8) is 0 Å². The van der Waals surface area contributed by atoms with Crippen LogP contribution in [0.1, 0.15) is 13.8 Å². The molecule has 8 nitrogen and oxygen atoms in total. The summed E-state index contributed by atoms with van der Waals surface area (Å²) in [4.78, 5) is 29.0. The van der Waals surface area contributed by atoms with Gasteiger partial charge in [-0.1, -0.05) is 12.7 Å². The van der Waals surface area contributed by atoms with Crippen molar-refractivity contribution in [1.29, 1.82) is 5.26 Å². The third-order valence-corrected chi connectivity index (χ3v) is 4.70. The molecule has 0 aliphatic rings. The van der Waals surface area contributed by atoms with Gasteiger partial charge in [0, 0.05) is 37.2 Å². The number of esters is 1. The average Bonchev–Trinajstić information content (AvgIpc) is 3.01. The number of nitrogens with one attached hydrogen (secondary N) is 2. The molecule has 0 spiro atoms. The summed E-state index contributed by atoms with van der Waals surface area (Å²) in [6, 6.07) is 5.42. The third kappa shape index (κ3) is 4.86. The van der Waals surface area contributed by atoms with Crippen molar-refractivity contribution in [2.45, 2.75) is 20.4 Å². The van der Waals surface area contributed by atoms with Crippen LogP contribution in [0, 0.1) is 11.3 Å². The Hall–Kier alpha value is -3.38. The molecule has 2 heterocycles. The summed E-state index contributed by atoms with van der Waals surface area (Å²) in [7, 11) is 0. The molecule has 0 radical (unpaired) electrons. The first-order valence-corrected chi connectivity index (χ1v) is 9.46. The lowest BCUT2D eigenvalue weighted by molar-refractivity contribution is -0.135. The monoisotopic (exact) mass is 399 g/mol. The second-order valence-electron chi connectivity index (χ2n) is 5.44. The topological polar surface area (TPSA) is 109 Å². The molecule has 0 aromatic carbocycles. The SMILES string of the molecule is C=CCOC(=O)C(C#N)=c1sc(=CNc2ccnc(NCC)c2)c(=O)n1CC. The highest BCUT2D eigenvalue weighted by atomic mass is 32.1. The second-order valence-corrected chi connectivity index (χ2v) is 6.47. The van der Waals surface area contributed by atoms with Crippen molar-refractivity contribution in [2.24, 2.45) is 0 Å². The molecule has 0 saturated carbocycles. The van der Waals surface area contributed by atoms with Crippen LogP contribution in [-0.4, -0.2) is 28.7 Å². The Morgan fingerprint density at radius 3 is 2.93 bits per heavy atom. The van der Waals surface area contributed by atoms with Crippen molar-refractivity contribution in [2.75, 3.05) is 23.8 Å². The van der Waals surface area contributed by atoms with Crippen molar-refractivity contribution < 1.29 is 9.53 Å². The number of hydrogen-bond donors (Lipinski definition) is 2. The zero-order chi connectivity index (χ0) is 20.5. The van der Waals surface area contributed by atoms with E-state index in [9.17, 15) is 14.9 Å². The number of carbonyl (C=O) groups excluding carboxylic acids is 1. The fourth-order valence-corrected chi connectivity index (χ4v) is 3.40. The van der Waals surface area contributed by atoms with E-state index in [1.165, 1.54) is 10.6 Å². The van der Waals surface area contributed by atoms with Crippen LogP contribution in [0.25, 0.3) is 11.8 Å². The highest BCUT2D eigenvalue weighted by Crippen LogP contribution is 2.11. The van der Waals surface area contributed by atoms with Crippen LogP contribution < -0.4 is 25.4 Å². The number of nitriles is 1. The average molecular weight is 399 g/mol. The molecule has 2 rings (SSSR count). The lowest BCUT2D eigenvalue weighted by atomic mass is 10.3.